The van der Waals surface area contributed by atoms with E-state index < -0.39 is 0 Å². The average molecular weight is 399 g/mol. The molecule has 1 fully saturated rings. The minimum absolute atomic E-state index is 0. The molecule has 142 valence electrons. The maximum absolute atomic E-state index is 12.9. The molecule has 1 amide bonds. The Morgan fingerprint density at radius 1 is 1.12 bits per heavy atom. The van der Waals surface area contributed by atoms with Gasteiger partial charge in [0.15, 0.2) is 5.69 Å². The Hall–Kier alpha value is -1.83. The van der Waals surface area contributed by atoms with Gasteiger partial charge >= 0.3 is 0 Å². The van der Waals surface area contributed by atoms with Crippen LogP contribution in [0.1, 0.15) is 29.4 Å². The second-order valence-corrected chi connectivity index (χ2v) is 6.43. The van der Waals surface area contributed by atoms with Crippen LogP contribution < -0.4 is 15.1 Å². The van der Waals surface area contributed by atoms with Crippen molar-refractivity contribution in [3.8, 4) is 0 Å². The summed E-state index contributed by atoms with van der Waals surface area (Å²) in [6.07, 6.45) is 3.85. The molecule has 0 spiro atoms. The van der Waals surface area contributed by atoms with Crippen molar-refractivity contribution in [2.24, 2.45) is 0 Å². The molecule has 1 aromatic carbocycles. The zero-order chi connectivity index (χ0) is 16.5. The highest BCUT2D eigenvalue weighted by molar-refractivity contribution is 6.07. The number of nitrogens with one attached hydrogen (secondary N) is 1. The zero-order valence-corrected chi connectivity index (χ0v) is 16.3. The van der Waals surface area contributed by atoms with Gasteiger partial charge in [-0.05, 0) is 38.1 Å². The Labute approximate surface area is 165 Å². The number of para-hydroxylation sites is 2. The van der Waals surface area contributed by atoms with Crippen LogP contribution >= 0.6 is 24.8 Å². The number of halogens is 2. The van der Waals surface area contributed by atoms with Gasteiger partial charge in [0.1, 0.15) is 0 Å². The third-order valence-electron chi connectivity index (χ3n) is 4.90. The van der Waals surface area contributed by atoms with E-state index in [4.69, 9.17) is 0 Å². The molecule has 0 aliphatic carbocycles. The Kier molecular flexibility index (Phi) is 6.86. The van der Waals surface area contributed by atoms with Gasteiger partial charge in [0.05, 0.1) is 23.6 Å². The highest BCUT2D eigenvalue weighted by Crippen LogP contribution is 2.32. The van der Waals surface area contributed by atoms with Gasteiger partial charge in [0.25, 0.3) is 5.91 Å². The van der Waals surface area contributed by atoms with Crippen molar-refractivity contribution >= 4 is 42.1 Å². The molecule has 0 radical (unpaired) electrons. The van der Waals surface area contributed by atoms with E-state index in [-0.39, 0.29) is 30.7 Å². The van der Waals surface area contributed by atoms with E-state index >= 15 is 0 Å². The van der Waals surface area contributed by atoms with E-state index in [2.05, 4.69) is 20.5 Å². The molecule has 4 rings (SSSR count). The Balaban J connectivity index is 0.00000121. The predicted octanol–water partition coefficient (Wildman–Crippen LogP) is 2.14. The molecule has 0 saturated carbocycles. The van der Waals surface area contributed by atoms with Crippen molar-refractivity contribution in [2.75, 3.05) is 43.0 Å². The van der Waals surface area contributed by atoms with E-state index in [9.17, 15) is 4.79 Å². The molecule has 1 N–H and O–H groups in total. The highest BCUT2D eigenvalue weighted by atomic mass is 35.5. The van der Waals surface area contributed by atoms with Crippen LogP contribution in [0.25, 0.3) is 0 Å². The van der Waals surface area contributed by atoms with Crippen LogP contribution in [0, 0.1) is 0 Å². The first-order chi connectivity index (χ1) is 11.7. The summed E-state index contributed by atoms with van der Waals surface area (Å²) in [5.41, 5.74) is 2.43. The van der Waals surface area contributed by atoms with Crippen molar-refractivity contribution in [2.45, 2.75) is 18.9 Å². The average Bonchev–Trinajstić information content (AvgIpc) is 3.13. The van der Waals surface area contributed by atoms with Gasteiger partial charge in [0.2, 0.25) is 0 Å². The van der Waals surface area contributed by atoms with Crippen LogP contribution in [0.5, 0.6) is 0 Å². The molecular formula is C17H24Cl2N6O. The highest BCUT2D eigenvalue weighted by Gasteiger charge is 2.28. The van der Waals surface area contributed by atoms with Gasteiger partial charge in [-0.1, -0.05) is 17.3 Å². The number of aromatic nitrogens is 3. The van der Waals surface area contributed by atoms with Crippen molar-refractivity contribution in [1.29, 1.82) is 0 Å². The van der Waals surface area contributed by atoms with Crippen LogP contribution in [0.2, 0.25) is 0 Å². The third-order valence-corrected chi connectivity index (χ3v) is 4.90. The molecule has 0 bridgehead atoms. The monoisotopic (exact) mass is 398 g/mol. The Morgan fingerprint density at radius 3 is 2.54 bits per heavy atom. The van der Waals surface area contributed by atoms with Gasteiger partial charge in [-0.15, -0.1) is 29.9 Å². The van der Waals surface area contributed by atoms with Crippen molar-refractivity contribution < 1.29 is 4.79 Å². The summed E-state index contributed by atoms with van der Waals surface area (Å²) in [4.78, 5) is 16.9. The fraction of sp³-hybridized carbons (Fsp3) is 0.471. The molecule has 3 heterocycles. The summed E-state index contributed by atoms with van der Waals surface area (Å²) in [7, 11) is 2.05. The maximum atomic E-state index is 12.9. The van der Waals surface area contributed by atoms with E-state index in [1.807, 2.05) is 40.9 Å². The maximum Gasteiger partial charge on any atom is 0.280 e. The second kappa shape index (κ2) is 8.70. The number of benzene rings is 1. The largest absolute Gasteiger partial charge is 0.371 e. The van der Waals surface area contributed by atoms with Gasteiger partial charge < -0.3 is 15.1 Å². The van der Waals surface area contributed by atoms with Crippen LogP contribution in [0.15, 0.2) is 30.5 Å². The number of hydrogen-bond donors (Lipinski definition) is 1. The van der Waals surface area contributed by atoms with E-state index in [1.165, 1.54) is 0 Å². The molecule has 0 unspecified atom stereocenters. The van der Waals surface area contributed by atoms with Crippen molar-refractivity contribution in [1.82, 2.24) is 20.3 Å². The van der Waals surface area contributed by atoms with Crippen LogP contribution in [0.4, 0.5) is 11.4 Å². The molecular weight excluding hydrogens is 375 g/mol. The molecule has 9 heteroatoms. The first kappa shape index (κ1) is 20.5. The lowest BCUT2D eigenvalue weighted by Gasteiger charge is -2.35. The van der Waals surface area contributed by atoms with Gasteiger partial charge in [-0.3, -0.25) is 4.79 Å². The van der Waals surface area contributed by atoms with Crippen LogP contribution in [-0.4, -0.2) is 54.1 Å². The van der Waals surface area contributed by atoms with Gasteiger partial charge in [-0.2, -0.15) is 0 Å². The Bertz CT molecular complexity index is 746. The second-order valence-electron chi connectivity index (χ2n) is 6.43. The van der Waals surface area contributed by atoms with E-state index in [0.29, 0.717) is 18.3 Å². The number of amides is 1. The van der Waals surface area contributed by atoms with Crippen LogP contribution in [-0.2, 0) is 0 Å². The minimum atomic E-state index is -0.0734. The zero-order valence-electron chi connectivity index (χ0n) is 14.7. The number of fused-ring (bicyclic) bond motifs is 1. The number of piperidine rings is 1. The van der Waals surface area contributed by atoms with Crippen molar-refractivity contribution in [3.63, 3.8) is 0 Å². The van der Waals surface area contributed by atoms with Crippen LogP contribution in [0.3, 0.4) is 0 Å². The third kappa shape index (κ3) is 3.79. The molecule has 2 aliphatic heterocycles. The molecule has 2 aliphatic rings. The number of nitrogens with zero attached hydrogens (tertiary/aromatic N) is 5. The fourth-order valence-electron chi connectivity index (χ4n) is 3.48. The SMILES string of the molecule is CN1CCN(C(=O)c2cn(C3CCNCC3)nn2)c2ccccc21.Cl.Cl. The summed E-state index contributed by atoms with van der Waals surface area (Å²) in [6, 6.07) is 8.32. The number of likely N-dealkylation sites (N-methyl/N-ethyl adjacent to an activating group) is 1. The Morgan fingerprint density at radius 2 is 1.81 bits per heavy atom. The molecule has 1 saturated heterocycles. The fourth-order valence-corrected chi connectivity index (χ4v) is 3.48. The molecule has 26 heavy (non-hydrogen) atoms. The van der Waals surface area contributed by atoms with E-state index in [0.717, 1.165) is 43.9 Å². The summed E-state index contributed by atoms with van der Waals surface area (Å²) in [5.74, 6) is -0.0734. The smallest absolute Gasteiger partial charge is 0.280 e. The summed E-state index contributed by atoms with van der Waals surface area (Å²) < 4.78 is 1.86. The molecule has 7 nitrogen and oxygen atoms in total. The first-order valence-corrected chi connectivity index (χ1v) is 8.48. The van der Waals surface area contributed by atoms with Gasteiger partial charge in [-0.25, -0.2) is 4.68 Å². The lowest BCUT2D eigenvalue weighted by atomic mass is 10.1. The first-order valence-electron chi connectivity index (χ1n) is 8.48. The molecule has 0 atom stereocenters. The molecule has 1 aromatic heterocycles. The minimum Gasteiger partial charge on any atom is -0.371 e. The standard InChI is InChI=1S/C17H22N6O.2ClH/c1-21-10-11-22(16-5-3-2-4-15(16)21)17(24)14-12-23(20-19-14)13-6-8-18-9-7-13;;/h2-5,12-13,18H,6-11H2,1H3;2*1H. The van der Waals surface area contributed by atoms with Crippen molar-refractivity contribution in [3.05, 3.63) is 36.2 Å². The van der Waals surface area contributed by atoms with E-state index in [1.54, 1.807) is 6.20 Å². The topological polar surface area (TPSA) is 66.3 Å². The van der Waals surface area contributed by atoms with Gasteiger partial charge in [0, 0.05) is 20.1 Å². The number of carbonyl (C=O) groups is 1. The lowest BCUT2D eigenvalue weighted by Crippen LogP contribution is -2.42. The number of hydrogen-bond acceptors (Lipinski definition) is 5. The summed E-state index contributed by atoms with van der Waals surface area (Å²) in [5, 5.41) is 11.7. The molecule has 2 aromatic rings. The predicted molar refractivity (Wildman–Crippen MR) is 107 cm³/mol. The number of carbonyl (C=O) groups excluding carboxylic acids is 1. The summed E-state index contributed by atoms with van der Waals surface area (Å²) in [6.45, 7) is 3.44. The number of anilines is 2. The summed E-state index contributed by atoms with van der Waals surface area (Å²) >= 11 is 0. The number of rotatable bonds is 2. The lowest BCUT2D eigenvalue weighted by molar-refractivity contribution is 0.0982. The quantitative estimate of drug-likeness (QED) is 0.839. The normalized spacial score (nSPS) is 17.1.